The SMILES string of the molecule is CC[C@H](O)C[C@H](O)/C=C/c1c(-c2ccc(F)cc2)nc(C)nc1C(C)C. The Morgan fingerprint density at radius 2 is 1.77 bits per heavy atom. The van der Waals surface area contributed by atoms with Crippen LogP contribution in [0.5, 0.6) is 0 Å². The fraction of sp³-hybridized carbons (Fsp3) is 0.429. The molecule has 1 aromatic carbocycles. The molecule has 0 saturated carbocycles. The first-order chi connectivity index (χ1) is 12.3. The molecule has 0 aliphatic heterocycles. The summed E-state index contributed by atoms with van der Waals surface area (Å²) in [5.74, 6) is 0.505. The molecule has 140 valence electrons. The summed E-state index contributed by atoms with van der Waals surface area (Å²) in [6.45, 7) is 7.80. The van der Waals surface area contributed by atoms with Crippen molar-refractivity contribution in [3.63, 3.8) is 0 Å². The normalized spacial score (nSPS) is 14.2. The molecule has 0 saturated heterocycles. The largest absolute Gasteiger partial charge is 0.393 e. The van der Waals surface area contributed by atoms with E-state index in [9.17, 15) is 14.6 Å². The molecule has 0 aliphatic rings. The summed E-state index contributed by atoms with van der Waals surface area (Å²) in [7, 11) is 0. The van der Waals surface area contributed by atoms with Crippen LogP contribution in [0, 0.1) is 12.7 Å². The maximum absolute atomic E-state index is 13.3. The van der Waals surface area contributed by atoms with Gasteiger partial charge in [-0.05, 0) is 43.5 Å². The molecule has 0 unspecified atom stereocenters. The third-order valence-electron chi connectivity index (χ3n) is 4.22. The predicted molar refractivity (Wildman–Crippen MR) is 102 cm³/mol. The van der Waals surface area contributed by atoms with Gasteiger partial charge in [-0.2, -0.15) is 0 Å². The average Bonchev–Trinajstić information content (AvgIpc) is 2.60. The van der Waals surface area contributed by atoms with Crippen LogP contribution in [0.25, 0.3) is 17.3 Å². The molecule has 1 heterocycles. The smallest absolute Gasteiger partial charge is 0.126 e. The highest BCUT2D eigenvalue weighted by atomic mass is 19.1. The monoisotopic (exact) mass is 358 g/mol. The van der Waals surface area contributed by atoms with Gasteiger partial charge in [0.15, 0.2) is 0 Å². The van der Waals surface area contributed by atoms with Crippen LogP contribution in [0.15, 0.2) is 30.3 Å². The van der Waals surface area contributed by atoms with Crippen molar-refractivity contribution in [1.82, 2.24) is 9.97 Å². The highest BCUT2D eigenvalue weighted by Crippen LogP contribution is 2.29. The van der Waals surface area contributed by atoms with Crippen molar-refractivity contribution in [2.75, 3.05) is 0 Å². The predicted octanol–water partition coefficient (Wildman–Crippen LogP) is 4.25. The molecule has 2 atom stereocenters. The van der Waals surface area contributed by atoms with E-state index in [4.69, 9.17) is 0 Å². The van der Waals surface area contributed by atoms with Gasteiger partial charge in [-0.25, -0.2) is 14.4 Å². The third kappa shape index (κ3) is 5.19. The Labute approximate surface area is 154 Å². The van der Waals surface area contributed by atoms with Crippen LogP contribution in [0.2, 0.25) is 0 Å². The number of halogens is 1. The average molecular weight is 358 g/mol. The van der Waals surface area contributed by atoms with E-state index in [-0.39, 0.29) is 18.2 Å². The molecule has 0 radical (unpaired) electrons. The second kappa shape index (κ2) is 9.01. The maximum Gasteiger partial charge on any atom is 0.126 e. The summed E-state index contributed by atoms with van der Waals surface area (Å²) in [6, 6.07) is 6.19. The zero-order valence-corrected chi connectivity index (χ0v) is 15.8. The van der Waals surface area contributed by atoms with Gasteiger partial charge < -0.3 is 10.2 Å². The number of aryl methyl sites for hydroxylation is 1. The lowest BCUT2D eigenvalue weighted by atomic mass is 9.97. The number of benzene rings is 1. The Hall–Kier alpha value is -2.11. The van der Waals surface area contributed by atoms with Gasteiger partial charge in [0.25, 0.3) is 0 Å². The van der Waals surface area contributed by atoms with Crippen LogP contribution in [-0.2, 0) is 0 Å². The van der Waals surface area contributed by atoms with Crippen LogP contribution < -0.4 is 0 Å². The van der Waals surface area contributed by atoms with Crippen molar-refractivity contribution < 1.29 is 14.6 Å². The number of hydrogen-bond acceptors (Lipinski definition) is 4. The van der Waals surface area contributed by atoms with Crippen LogP contribution in [0.3, 0.4) is 0 Å². The zero-order chi connectivity index (χ0) is 19.3. The van der Waals surface area contributed by atoms with Crippen LogP contribution in [-0.4, -0.2) is 32.4 Å². The second-order valence-electron chi connectivity index (χ2n) is 6.80. The van der Waals surface area contributed by atoms with Crippen molar-refractivity contribution in [3.8, 4) is 11.3 Å². The highest BCUT2D eigenvalue weighted by Gasteiger charge is 2.16. The first-order valence-electron chi connectivity index (χ1n) is 9.00. The number of aliphatic hydroxyl groups excluding tert-OH is 2. The van der Waals surface area contributed by atoms with Crippen LogP contribution in [0.4, 0.5) is 4.39 Å². The van der Waals surface area contributed by atoms with E-state index < -0.39 is 12.2 Å². The van der Waals surface area contributed by atoms with E-state index in [1.54, 1.807) is 24.3 Å². The molecule has 26 heavy (non-hydrogen) atoms. The first kappa shape index (κ1) is 20.2. The van der Waals surface area contributed by atoms with E-state index in [1.807, 2.05) is 27.7 Å². The summed E-state index contributed by atoms with van der Waals surface area (Å²) >= 11 is 0. The van der Waals surface area contributed by atoms with Crippen molar-refractivity contribution in [2.24, 2.45) is 0 Å². The zero-order valence-electron chi connectivity index (χ0n) is 15.8. The Morgan fingerprint density at radius 1 is 1.12 bits per heavy atom. The lowest BCUT2D eigenvalue weighted by molar-refractivity contribution is 0.102. The Balaban J connectivity index is 2.49. The molecular formula is C21H27FN2O2. The van der Waals surface area contributed by atoms with Gasteiger partial charge in [0, 0.05) is 17.5 Å². The molecule has 0 aliphatic carbocycles. The van der Waals surface area contributed by atoms with Crippen molar-refractivity contribution >= 4 is 6.08 Å². The van der Waals surface area contributed by atoms with E-state index in [1.165, 1.54) is 12.1 Å². The summed E-state index contributed by atoms with van der Waals surface area (Å²) in [6.07, 6.45) is 3.04. The summed E-state index contributed by atoms with van der Waals surface area (Å²) < 4.78 is 13.3. The maximum atomic E-state index is 13.3. The number of rotatable bonds is 7. The summed E-state index contributed by atoms with van der Waals surface area (Å²) in [4.78, 5) is 9.12. The highest BCUT2D eigenvalue weighted by molar-refractivity contribution is 5.73. The lowest BCUT2D eigenvalue weighted by Crippen LogP contribution is -2.14. The summed E-state index contributed by atoms with van der Waals surface area (Å²) in [5.41, 5.74) is 3.18. The van der Waals surface area contributed by atoms with E-state index in [2.05, 4.69) is 9.97 Å². The van der Waals surface area contributed by atoms with Crippen LogP contribution >= 0.6 is 0 Å². The second-order valence-corrected chi connectivity index (χ2v) is 6.80. The molecule has 0 fully saturated rings. The number of hydrogen-bond donors (Lipinski definition) is 2. The Kier molecular flexibility index (Phi) is 7.00. The van der Waals surface area contributed by atoms with Gasteiger partial charge >= 0.3 is 0 Å². The van der Waals surface area contributed by atoms with Crippen molar-refractivity contribution in [3.05, 3.63) is 53.2 Å². The first-order valence-corrected chi connectivity index (χ1v) is 9.00. The van der Waals surface area contributed by atoms with Crippen molar-refractivity contribution in [2.45, 2.75) is 58.7 Å². The van der Waals surface area contributed by atoms with Gasteiger partial charge in [0.05, 0.1) is 23.6 Å². The molecule has 2 aromatic rings. The Morgan fingerprint density at radius 3 is 2.35 bits per heavy atom. The van der Waals surface area contributed by atoms with Gasteiger partial charge in [0.2, 0.25) is 0 Å². The lowest BCUT2D eigenvalue weighted by Gasteiger charge is -2.16. The molecule has 2 rings (SSSR count). The molecule has 0 bridgehead atoms. The van der Waals surface area contributed by atoms with Gasteiger partial charge in [0.1, 0.15) is 11.6 Å². The van der Waals surface area contributed by atoms with Gasteiger partial charge in [-0.1, -0.05) is 32.9 Å². The van der Waals surface area contributed by atoms with Crippen molar-refractivity contribution in [1.29, 1.82) is 0 Å². The molecule has 5 heteroatoms. The molecule has 1 aromatic heterocycles. The van der Waals surface area contributed by atoms with Crippen LogP contribution in [0.1, 0.15) is 56.6 Å². The molecule has 0 spiro atoms. The fourth-order valence-electron chi connectivity index (χ4n) is 2.77. The topological polar surface area (TPSA) is 66.2 Å². The number of aromatic nitrogens is 2. The number of aliphatic hydroxyl groups is 2. The van der Waals surface area contributed by atoms with E-state index >= 15 is 0 Å². The van der Waals surface area contributed by atoms with Gasteiger partial charge in [-0.15, -0.1) is 0 Å². The minimum absolute atomic E-state index is 0.161. The van der Waals surface area contributed by atoms with E-state index in [0.29, 0.717) is 17.9 Å². The quantitative estimate of drug-likeness (QED) is 0.776. The minimum Gasteiger partial charge on any atom is -0.393 e. The molecular weight excluding hydrogens is 331 g/mol. The Bertz CT molecular complexity index is 757. The molecule has 4 nitrogen and oxygen atoms in total. The standard InChI is InChI=1S/C21H27FN2O2/c1-5-17(25)12-18(26)10-11-19-20(13(2)3)23-14(4)24-21(19)15-6-8-16(22)9-7-15/h6-11,13,17-18,25-26H,5,12H2,1-4H3/b11-10+/t17-,18+/m0/s1. The minimum atomic E-state index is -0.757. The summed E-state index contributed by atoms with van der Waals surface area (Å²) in [5, 5.41) is 19.9. The number of nitrogens with zero attached hydrogens (tertiary/aromatic N) is 2. The van der Waals surface area contributed by atoms with E-state index in [0.717, 1.165) is 16.8 Å². The van der Waals surface area contributed by atoms with Gasteiger partial charge in [-0.3, -0.25) is 0 Å². The molecule has 0 amide bonds. The fourth-order valence-corrected chi connectivity index (χ4v) is 2.77. The molecule has 2 N–H and O–H groups in total. The third-order valence-corrected chi connectivity index (χ3v) is 4.22.